The highest BCUT2D eigenvalue weighted by Crippen LogP contribution is 2.31. The van der Waals surface area contributed by atoms with Crippen LogP contribution in [0.25, 0.3) is 6.08 Å². The lowest BCUT2D eigenvalue weighted by Crippen LogP contribution is -2.23. The summed E-state index contributed by atoms with van der Waals surface area (Å²) < 4.78 is 29.5. The predicted molar refractivity (Wildman–Crippen MR) is 41.1 cm³/mol. The van der Waals surface area contributed by atoms with Crippen LogP contribution in [0.2, 0.25) is 0 Å². The molecule has 0 bridgehead atoms. The van der Waals surface area contributed by atoms with Gasteiger partial charge in [0.1, 0.15) is 5.75 Å². The highest BCUT2D eigenvalue weighted by Gasteiger charge is 2.31. The van der Waals surface area contributed by atoms with Crippen molar-refractivity contribution >= 4 is 6.08 Å². The molecular formula is C9H6F2O. The van der Waals surface area contributed by atoms with E-state index < -0.39 is 6.11 Å². The molecule has 0 atom stereocenters. The van der Waals surface area contributed by atoms with Crippen molar-refractivity contribution in [2.75, 3.05) is 0 Å². The summed E-state index contributed by atoms with van der Waals surface area (Å²) >= 11 is 0. The third kappa shape index (κ3) is 1.18. The van der Waals surface area contributed by atoms with Crippen molar-refractivity contribution in [3.05, 3.63) is 35.9 Å². The molecule has 0 spiro atoms. The molecule has 2 rings (SSSR count). The average Bonchev–Trinajstić information content (AvgIpc) is 2.02. The number of alkyl halides is 2. The van der Waals surface area contributed by atoms with Gasteiger partial charge in [-0.2, -0.15) is 8.78 Å². The third-order valence-electron chi connectivity index (χ3n) is 1.62. The molecule has 0 radical (unpaired) electrons. The Hall–Kier alpha value is -1.38. The number of hydrogen-bond acceptors (Lipinski definition) is 1. The molecule has 0 amide bonds. The second kappa shape index (κ2) is 2.30. The van der Waals surface area contributed by atoms with Gasteiger partial charge in [0.15, 0.2) is 0 Å². The molecule has 1 aromatic carbocycles. The Bertz CT molecular complexity index is 331. The van der Waals surface area contributed by atoms with E-state index in [1.54, 1.807) is 18.2 Å². The lowest BCUT2D eigenvalue weighted by molar-refractivity contribution is -0.132. The Balaban J connectivity index is 2.46. The molecule has 0 fully saturated rings. The van der Waals surface area contributed by atoms with Gasteiger partial charge in [-0.1, -0.05) is 18.2 Å². The quantitative estimate of drug-likeness (QED) is 0.578. The summed E-state index contributed by atoms with van der Waals surface area (Å²) in [6, 6.07) is 6.68. The van der Waals surface area contributed by atoms with E-state index in [-0.39, 0.29) is 5.75 Å². The smallest absolute Gasteiger partial charge is 0.419 e. The maximum Gasteiger partial charge on any atom is 0.419 e. The first kappa shape index (κ1) is 7.28. The Morgan fingerprint density at radius 1 is 1.17 bits per heavy atom. The van der Waals surface area contributed by atoms with Gasteiger partial charge in [0.25, 0.3) is 0 Å². The maximum atomic E-state index is 12.6. The fraction of sp³-hybridized carbons (Fsp3) is 0.111. The lowest BCUT2D eigenvalue weighted by Gasteiger charge is -2.19. The molecule has 0 unspecified atom stereocenters. The van der Waals surface area contributed by atoms with Crippen molar-refractivity contribution in [2.24, 2.45) is 0 Å². The van der Waals surface area contributed by atoms with Crippen molar-refractivity contribution in [1.29, 1.82) is 0 Å². The zero-order valence-corrected chi connectivity index (χ0v) is 6.13. The highest BCUT2D eigenvalue weighted by molar-refractivity contribution is 5.59. The molecule has 1 aliphatic heterocycles. The van der Waals surface area contributed by atoms with E-state index in [9.17, 15) is 8.78 Å². The monoisotopic (exact) mass is 168 g/mol. The Labute approximate surface area is 68.3 Å². The summed E-state index contributed by atoms with van der Waals surface area (Å²) in [7, 11) is 0. The zero-order valence-electron chi connectivity index (χ0n) is 6.13. The Kier molecular flexibility index (Phi) is 1.40. The minimum atomic E-state index is -3.16. The van der Waals surface area contributed by atoms with Gasteiger partial charge in [-0.25, -0.2) is 0 Å². The fourth-order valence-electron chi connectivity index (χ4n) is 1.08. The summed E-state index contributed by atoms with van der Waals surface area (Å²) in [6.07, 6.45) is -1.05. The summed E-state index contributed by atoms with van der Waals surface area (Å²) in [5, 5.41) is 0. The van der Waals surface area contributed by atoms with Crippen molar-refractivity contribution in [1.82, 2.24) is 0 Å². The largest absolute Gasteiger partial charge is 0.429 e. The summed E-state index contributed by atoms with van der Waals surface area (Å²) in [5.74, 6) is 0.227. The van der Waals surface area contributed by atoms with E-state index in [4.69, 9.17) is 0 Å². The molecule has 3 heteroatoms. The molecule has 0 aromatic heterocycles. The van der Waals surface area contributed by atoms with Gasteiger partial charge in [0.05, 0.1) is 0 Å². The van der Waals surface area contributed by atoms with Gasteiger partial charge in [-0.05, 0) is 12.1 Å². The fourth-order valence-corrected chi connectivity index (χ4v) is 1.08. The Morgan fingerprint density at radius 2 is 1.92 bits per heavy atom. The zero-order chi connectivity index (χ0) is 8.60. The van der Waals surface area contributed by atoms with E-state index in [0.717, 1.165) is 6.08 Å². The second-order valence-electron chi connectivity index (χ2n) is 2.54. The van der Waals surface area contributed by atoms with Gasteiger partial charge in [-0.15, -0.1) is 0 Å². The van der Waals surface area contributed by atoms with Gasteiger partial charge in [0, 0.05) is 11.6 Å². The van der Waals surface area contributed by atoms with Crippen LogP contribution < -0.4 is 4.74 Å². The molecule has 62 valence electrons. The molecule has 0 N–H and O–H groups in total. The van der Waals surface area contributed by atoms with E-state index in [1.165, 1.54) is 12.1 Å². The van der Waals surface area contributed by atoms with Crippen molar-refractivity contribution in [2.45, 2.75) is 6.11 Å². The normalized spacial score (nSPS) is 18.2. The minimum Gasteiger partial charge on any atom is -0.429 e. The predicted octanol–water partition coefficient (Wildman–Crippen LogP) is 2.69. The van der Waals surface area contributed by atoms with Crippen LogP contribution in [-0.4, -0.2) is 6.11 Å². The number of benzene rings is 1. The van der Waals surface area contributed by atoms with Crippen LogP contribution in [0, 0.1) is 0 Å². The molecular weight excluding hydrogens is 162 g/mol. The first-order chi connectivity index (χ1) is 5.67. The minimum absolute atomic E-state index is 0.227. The summed E-state index contributed by atoms with van der Waals surface area (Å²) in [6.45, 7) is 0. The maximum absolute atomic E-state index is 12.6. The van der Waals surface area contributed by atoms with Crippen molar-refractivity contribution < 1.29 is 13.5 Å². The van der Waals surface area contributed by atoms with Crippen LogP contribution in [0.4, 0.5) is 8.78 Å². The van der Waals surface area contributed by atoms with Crippen molar-refractivity contribution in [3.63, 3.8) is 0 Å². The summed E-state index contributed by atoms with van der Waals surface area (Å²) in [4.78, 5) is 0. The van der Waals surface area contributed by atoms with E-state index >= 15 is 0 Å². The van der Waals surface area contributed by atoms with E-state index in [0.29, 0.717) is 5.56 Å². The standard InChI is InChI=1S/C9H6F2O/c10-9(11)6-5-7-3-1-2-4-8(7)12-9/h1-6H. The molecule has 0 saturated heterocycles. The van der Waals surface area contributed by atoms with Gasteiger partial charge in [-0.3, -0.25) is 0 Å². The number of fused-ring (bicyclic) bond motifs is 1. The second-order valence-corrected chi connectivity index (χ2v) is 2.54. The van der Waals surface area contributed by atoms with E-state index in [1.807, 2.05) is 0 Å². The lowest BCUT2D eigenvalue weighted by atomic mass is 10.1. The molecule has 1 heterocycles. The first-order valence-corrected chi connectivity index (χ1v) is 3.52. The van der Waals surface area contributed by atoms with Crippen LogP contribution >= 0.6 is 0 Å². The summed E-state index contributed by atoms with van der Waals surface area (Å²) in [5.41, 5.74) is 0.684. The SMILES string of the molecule is FC1(F)C=Cc2ccccc2O1. The van der Waals surface area contributed by atoms with E-state index in [2.05, 4.69) is 4.74 Å². The number of para-hydroxylation sites is 1. The topological polar surface area (TPSA) is 9.23 Å². The van der Waals surface area contributed by atoms with Crippen molar-refractivity contribution in [3.8, 4) is 5.75 Å². The van der Waals surface area contributed by atoms with Crippen LogP contribution in [0.5, 0.6) is 5.75 Å². The number of ether oxygens (including phenoxy) is 1. The number of rotatable bonds is 0. The Morgan fingerprint density at radius 3 is 2.75 bits per heavy atom. The number of halogens is 2. The van der Waals surface area contributed by atoms with Gasteiger partial charge < -0.3 is 4.74 Å². The molecule has 1 aliphatic rings. The van der Waals surface area contributed by atoms with Crippen LogP contribution in [0.15, 0.2) is 30.3 Å². The average molecular weight is 168 g/mol. The molecule has 1 nitrogen and oxygen atoms in total. The molecule has 0 saturated carbocycles. The molecule has 1 aromatic rings. The molecule has 0 aliphatic carbocycles. The third-order valence-corrected chi connectivity index (χ3v) is 1.62. The van der Waals surface area contributed by atoms with Gasteiger partial charge in [0.2, 0.25) is 0 Å². The van der Waals surface area contributed by atoms with Crippen LogP contribution in [0.3, 0.4) is 0 Å². The number of hydrogen-bond donors (Lipinski definition) is 0. The van der Waals surface area contributed by atoms with Crippen LogP contribution in [0.1, 0.15) is 5.56 Å². The van der Waals surface area contributed by atoms with Crippen LogP contribution in [-0.2, 0) is 0 Å². The first-order valence-electron chi connectivity index (χ1n) is 3.52. The van der Waals surface area contributed by atoms with Gasteiger partial charge >= 0.3 is 6.11 Å². The highest BCUT2D eigenvalue weighted by atomic mass is 19.3. The molecule has 12 heavy (non-hydrogen) atoms.